The van der Waals surface area contributed by atoms with Crippen LogP contribution in [-0.2, 0) is 9.53 Å². The summed E-state index contributed by atoms with van der Waals surface area (Å²) in [6.07, 6.45) is 20.0. The zero-order valence-corrected chi connectivity index (χ0v) is 17.2. The molecule has 0 rings (SSSR count). The minimum absolute atomic E-state index is 0.0722. The Morgan fingerprint density at radius 3 is 2.15 bits per heavy atom. The fraction of sp³-hybridized carbons (Fsp3) is 0.857. The van der Waals surface area contributed by atoms with Gasteiger partial charge in [0.15, 0.2) is 0 Å². The maximum absolute atomic E-state index is 11.5. The fourth-order valence-electron chi connectivity index (χ4n) is 2.78. The highest BCUT2D eigenvalue weighted by Crippen LogP contribution is 2.10. The zero-order chi connectivity index (χ0) is 20.0. The van der Waals surface area contributed by atoms with Gasteiger partial charge in [-0.1, -0.05) is 75.6 Å². The Balaban J connectivity index is 3.31. The van der Waals surface area contributed by atoms with E-state index in [4.69, 9.17) is 10.3 Å². The van der Waals surface area contributed by atoms with Gasteiger partial charge in [0.2, 0.25) is 0 Å². The molecule has 0 spiro atoms. The fourth-order valence-corrected chi connectivity index (χ4v) is 2.78. The first-order valence-electron chi connectivity index (χ1n) is 10.7. The summed E-state index contributed by atoms with van der Waals surface area (Å²) in [6.45, 7) is 2.07. The number of carbonyl (C=O) groups is 1. The van der Waals surface area contributed by atoms with Gasteiger partial charge in [-0.05, 0) is 37.6 Å². The highest BCUT2D eigenvalue weighted by atomic mass is 16.5. The van der Waals surface area contributed by atoms with E-state index in [9.17, 15) is 9.90 Å². The van der Waals surface area contributed by atoms with Crippen molar-refractivity contribution in [2.24, 2.45) is 5.11 Å². The molecule has 0 aliphatic carbocycles. The van der Waals surface area contributed by atoms with Crippen LogP contribution in [0, 0.1) is 0 Å². The molecule has 0 fully saturated rings. The van der Waals surface area contributed by atoms with Crippen LogP contribution in [0.4, 0.5) is 0 Å². The third kappa shape index (κ3) is 20.6. The van der Waals surface area contributed by atoms with E-state index in [2.05, 4.69) is 29.1 Å². The molecule has 6 nitrogen and oxygen atoms in total. The number of aliphatic hydroxyl groups excluding tert-OH is 1. The molecule has 27 heavy (non-hydrogen) atoms. The number of carbonyl (C=O) groups excluding carboxylic acids is 1. The molecule has 1 unspecified atom stereocenters. The molecule has 0 aliphatic rings. The molecule has 0 amide bonds. The summed E-state index contributed by atoms with van der Waals surface area (Å²) in [4.78, 5) is 14.1. The van der Waals surface area contributed by atoms with Crippen LogP contribution in [-0.4, -0.2) is 30.3 Å². The molecule has 0 saturated heterocycles. The van der Waals surface area contributed by atoms with Crippen LogP contribution in [0.15, 0.2) is 17.3 Å². The molecule has 0 radical (unpaired) electrons. The number of ether oxygens (including phenoxy) is 1. The summed E-state index contributed by atoms with van der Waals surface area (Å²) < 4.78 is 4.94. The molecule has 0 heterocycles. The first kappa shape index (κ1) is 25.5. The summed E-state index contributed by atoms with van der Waals surface area (Å²) in [5.41, 5.74) is 8.13. The van der Waals surface area contributed by atoms with Crippen LogP contribution >= 0.6 is 0 Å². The SMILES string of the molecule is CCCCCCCC/C=C\CCCCCCCC(=O)OCC(O)CN=[N+]=[N-]. The maximum atomic E-state index is 11.5. The lowest BCUT2D eigenvalue weighted by atomic mass is 10.1. The van der Waals surface area contributed by atoms with E-state index < -0.39 is 6.10 Å². The quantitative estimate of drug-likeness (QED) is 0.0716. The third-order valence-corrected chi connectivity index (χ3v) is 4.44. The number of hydrogen-bond acceptors (Lipinski definition) is 4. The van der Waals surface area contributed by atoms with E-state index in [1.165, 1.54) is 57.8 Å². The predicted molar refractivity (Wildman–Crippen MR) is 110 cm³/mol. The number of hydrogen-bond donors (Lipinski definition) is 1. The molecule has 0 aromatic carbocycles. The topological polar surface area (TPSA) is 95.3 Å². The van der Waals surface area contributed by atoms with Crippen molar-refractivity contribution in [1.29, 1.82) is 0 Å². The van der Waals surface area contributed by atoms with Gasteiger partial charge in [0, 0.05) is 11.3 Å². The number of esters is 1. The molecule has 0 aromatic heterocycles. The second-order valence-corrected chi connectivity index (χ2v) is 7.08. The van der Waals surface area contributed by atoms with Gasteiger partial charge in [0.05, 0.1) is 12.6 Å². The molecule has 6 heteroatoms. The summed E-state index contributed by atoms with van der Waals surface area (Å²) in [5, 5.41) is 12.6. The average molecular weight is 382 g/mol. The predicted octanol–water partition coefficient (Wildman–Crippen LogP) is 6.24. The third-order valence-electron chi connectivity index (χ3n) is 4.44. The number of rotatable bonds is 19. The van der Waals surface area contributed by atoms with Crippen molar-refractivity contribution >= 4 is 5.97 Å². The van der Waals surface area contributed by atoms with Gasteiger partial charge in [-0.25, -0.2) is 0 Å². The molecular weight excluding hydrogens is 342 g/mol. The van der Waals surface area contributed by atoms with Gasteiger partial charge >= 0.3 is 5.97 Å². The Labute approximate surface area is 165 Å². The Kier molecular flexibility index (Phi) is 19.6. The van der Waals surface area contributed by atoms with E-state index in [1.807, 2.05) is 0 Å². The summed E-state index contributed by atoms with van der Waals surface area (Å²) in [7, 11) is 0. The molecule has 1 atom stereocenters. The summed E-state index contributed by atoms with van der Waals surface area (Å²) in [6, 6.07) is 0. The van der Waals surface area contributed by atoms with E-state index >= 15 is 0 Å². The minimum Gasteiger partial charge on any atom is -0.463 e. The van der Waals surface area contributed by atoms with Crippen LogP contribution in [0.3, 0.4) is 0 Å². The van der Waals surface area contributed by atoms with E-state index in [-0.39, 0.29) is 19.1 Å². The minimum atomic E-state index is -0.918. The van der Waals surface area contributed by atoms with Gasteiger partial charge < -0.3 is 9.84 Å². The van der Waals surface area contributed by atoms with Gasteiger partial charge in [0.25, 0.3) is 0 Å². The molecule has 0 aromatic rings. The highest BCUT2D eigenvalue weighted by molar-refractivity contribution is 5.69. The Bertz CT molecular complexity index is 421. The van der Waals surface area contributed by atoms with Gasteiger partial charge in [-0.2, -0.15) is 0 Å². The van der Waals surface area contributed by atoms with Crippen LogP contribution in [0.1, 0.15) is 96.8 Å². The van der Waals surface area contributed by atoms with Gasteiger partial charge in [0.1, 0.15) is 6.61 Å². The maximum Gasteiger partial charge on any atom is 0.305 e. The van der Waals surface area contributed by atoms with Crippen molar-refractivity contribution < 1.29 is 14.6 Å². The largest absolute Gasteiger partial charge is 0.463 e. The van der Waals surface area contributed by atoms with Crippen LogP contribution in [0.5, 0.6) is 0 Å². The standard InChI is InChI=1S/C21H39N3O3/c1-2-3-4-5-6-7-8-9-10-11-12-13-14-15-16-17-21(26)27-19-20(25)18-23-24-22/h9-10,20,25H,2-8,11-19H2,1H3/b10-9-. The van der Waals surface area contributed by atoms with E-state index in [1.54, 1.807) is 0 Å². The molecule has 0 saturated carbocycles. The van der Waals surface area contributed by atoms with Gasteiger partial charge in [-0.15, -0.1) is 0 Å². The number of allylic oxidation sites excluding steroid dienone is 2. The summed E-state index contributed by atoms with van der Waals surface area (Å²) >= 11 is 0. The van der Waals surface area contributed by atoms with E-state index in [0.717, 1.165) is 25.7 Å². The van der Waals surface area contributed by atoms with Crippen molar-refractivity contribution in [2.75, 3.05) is 13.2 Å². The van der Waals surface area contributed by atoms with Crippen molar-refractivity contribution in [1.82, 2.24) is 0 Å². The monoisotopic (exact) mass is 381 g/mol. The Hall–Kier alpha value is -1.52. The van der Waals surface area contributed by atoms with E-state index in [0.29, 0.717) is 6.42 Å². The molecular formula is C21H39N3O3. The number of aliphatic hydroxyl groups is 1. The Morgan fingerprint density at radius 1 is 1.00 bits per heavy atom. The normalized spacial score (nSPS) is 12.1. The van der Waals surface area contributed by atoms with Gasteiger partial charge in [-0.3, -0.25) is 4.79 Å². The second-order valence-electron chi connectivity index (χ2n) is 7.08. The van der Waals surface area contributed by atoms with Crippen LogP contribution in [0.25, 0.3) is 10.4 Å². The lowest BCUT2D eigenvalue weighted by Crippen LogP contribution is -2.21. The van der Waals surface area contributed by atoms with Crippen molar-refractivity contribution in [3.05, 3.63) is 22.6 Å². The highest BCUT2D eigenvalue weighted by Gasteiger charge is 2.07. The average Bonchev–Trinajstić information content (AvgIpc) is 2.67. The van der Waals surface area contributed by atoms with Crippen LogP contribution < -0.4 is 0 Å². The lowest BCUT2D eigenvalue weighted by molar-refractivity contribution is -0.146. The first-order chi connectivity index (χ1) is 13.2. The van der Waals surface area contributed by atoms with Crippen molar-refractivity contribution in [3.63, 3.8) is 0 Å². The smallest absolute Gasteiger partial charge is 0.305 e. The zero-order valence-electron chi connectivity index (χ0n) is 17.2. The number of nitrogens with zero attached hydrogens (tertiary/aromatic N) is 3. The summed E-state index contributed by atoms with van der Waals surface area (Å²) in [5.74, 6) is -0.299. The molecule has 0 bridgehead atoms. The first-order valence-corrected chi connectivity index (χ1v) is 10.7. The Morgan fingerprint density at radius 2 is 1.56 bits per heavy atom. The number of unbranched alkanes of at least 4 members (excludes halogenated alkanes) is 11. The molecule has 0 aliphatic heterocycles. The number of azide groups is 1. The van der Waals surface area contributed by atoms with Crippen LogP contribution in [0.2, 0.25) is 0 Å². The molecule has 1 N–H and O–H groups in total. The van der Waals surface area contributed by atoms with Crippen molar-refractivity contribution in [3.8, 4) is 0 Å². The van der Waals surface area contributed by atoms with Crippen molar-refractivity contribution in [2.45, 2.75) is 103 Å². The second kappa shape index (κ2) is 20.8. The molecule has 156 valence electrons. The lowest BCUT2D eigenvalue weighted by Gasteiger charge is -2.08.